The smallest absolute Gasteiger partial charge is 0.322 e. The molecule has 0 bridgehead atoms. The molecule has 0 saturated heterocycles. The summed E-state index contributed by atoms with van der Waals surface area (Å²) in [4.78, 5) is 12.4. The molecule has 0 aliphatic carbocycles. The van der Waals surface area contributed by atoms with Crippen LogP contribution in [-0.2, 0) is 7.05 Å². The van der Waals surface area contributed by atoms with Gasteiger partial charge in [0.15, 0.2) is 11.6 Å². The van der Waals surface area contributed by atoms with Crippen molar-refractivity contribution in [1.29, 1.82) is 0 Å². The van der Waals surface area contributed by atoms with Crippen LogP contribution in [0.15, 0.2) is 41.1 Å². The van der Waals surface area contributed by atoms with Crippen LogP contribution in [-0.4, -0.2) is 19.5 Å². The SMILES string of the molecule is Cc1ccnc(Oc2ccc(-c3c(I)n(C)c4c(Br)cnc(N)c34)cc2F)n1. The lowest BCUT2D eigenvalue weighted by molar-refractivity contribution is 0.410. The molecule has 0 aliphatic rings. The highest BCUT2D eigenvalue weighted by atomic mass is 127. The number of hydrogen-bond acceptors (Lipinski definition) is 5. The Morgan fingerprint density at radius 1 is 1.25 bits per heavy atom. The summed E-state index contributed by atoms with van der Waals surface area (Å²) >= 11 is 5.74. The summed E-state index contributed by atoms with van der Waals surface area (Å²) in [6, 6.07) is 6.61. The van der Waals surface area contributed by atoms with Crippen LogP contribution < -0.4 is 10.5 Å². The van der Waals surface area contributed by atoms with Gasteiger partial charge in [-0.2, -0.15) is 0 Å². The van der Waals surface area contributed by atoms with Crippen LogP contribution in [0.25, 0.3) is 22.0 Å². The Hall–Kier alpha value is -2.27. The van der Waals surface area contributed by atoms with E-state index in [0.29, 0.717) is 11.4 Å². The van der Waals surface area contributed by atoms with E-state index in [0.717, 1.165) is 30.3 Å². The molecule has 0 amide bonds. The topological polar surface area (TPSA) is 78.8 Å². The maximum absolute atomic E-state index is 14.8. The third kappa shape index (κ3) is 3.22. The van der Waals surface area contributed by atoms with Gasteiger partial charge >= 0.3 is 6.01 Å². The van der Waals surface area contributed by atoms with Gasteiger partial charge < -0.3 is 15.0 Å². The number of nitrogens with two attached hydrogens (primary N) is 1. The van der Waals surface area contributed by atoms with Crippen molar-refractivity contribution in [2.24, 2.45) is 7.05 Å². The first kappa shape index (κ1) is 19.1. The van der Waals surface area contributed by atoms with Crippen LogP contribution in [0.1, 0.15) is 5.69 Å². The molecule has 0 aliphatic heterocycles. The Balaban J connectivity index is 1.82. The first-order chi connectivity index (χ1) is 13.4. The number of aromatic nitrogens is 4. The fourth-order valence-corrected chi connectivity index (χ4v) is 4.40. The van der Waals surface area contributed by atoms with Crippen molar-refractivity contribution < 1.29 is 9.13 Å². The van der Waals surface area contributed by atoms with Gasteiger partial charge in [-0.05, 0) is 69.2 Å². The lowest BCUT2D eigenvalue weighted by Gasteiger charge is -2.08. The minimum Gasteiger partial charge on any atom is -0.421 e. The highest BCUT2D eigenvalue weighted by Gasteiger charge is 2.21. The molecule has 0 saturated carbocycles. The Bertz CT molecular complexity index is 1230. The van der Waals surface area contributed by atoms with Crippen LogP contribution in [0, 0.1) is 16.4 Å². The lowest BCUT2D eigenvalue weighted by Crippen LogP contribution is -1.96. The predicted molar refractivity (Wildman–Crippen MR) is 118 cm³/mol. The average Bonchev–Trinajstić information content (AvgIpc) is 2.93. The highest BCUT2D eigenvalue weighted by Crippen LogP contribution is 2.41. The number of fused-ring (bicyclic) bond motifs is 1. The number of pyridine rings is 1. The molecule has 1 aromatic carbocycles. The molecule has 0 unspecified atom stereocenters. The van der Waals surface area contributed by atoms with E-state index in [4.69, 9.17) is 10.5 Å². The molecule has 0 radical (unpaired) electrons. The molecule has 4 aromatic rings. The van der Waals surface area contributed by atoms with Gasteiger partial charge in [0.2, 0.25) is 0 Å². The van der Waals surface area contributed by atoms with Crippen molar-refractivity contribution in [2.45, 2.75) is 6.92 Å². The molecule has 28 heavy (non-hydrogen) atoms. The summed E-state index contributed by atoms with van der Waals surface area (Å²) in [7, 11) is 1.93. The number of ether oxygens (including phenoxy) is 1. The van der Waals surface area contributed by atoms with Crippen molar-refractivity contribution in [2.75, 3.05) is 5.73 Å². The third-order valence-corrected chi connectivity index (χ3v) is 6.16. The fraction of sp³-hybridized carbons (Fsp3) is 0.105. The summed E-state index contributed by atoms with van der Waals surface area (Å²) in [5.41, 5.74) is 9.29. The quantitative estimate of drug-likeness (QED) is 0.352. The van der Waals surface area contributed by atoms with Crippen molar-refractivity contribution >= 4 is 55.2 Å². The molecule has 3 aromatic heterocycles. The molecule has 2 N–H and O–H groups in total. The van der Waals surface area contributed by atoms with E-state index in [1.54, 1.807) is 30.6 Å². The Labute approximate surface area is 182 Å². The predicted octanol–water partition coefficient (Wildman–Crippen LogP) is 5.22. The highest BCUT2D eigenvalue weighted by molar-refractivity contribution is 14.1. The number of hydrogen-bond donors (Lipinski definition) is 1. The van der Waals surface area contributed by atoms with Gasteiger partial charge in [-0.25, -0.2) is 19.3 Å². The molecule has 0 spiro atoms. The minimum absolute atomic E-state index is 0.0527. The van der Waals surface area contributed by atoms with E-state index in [9.17, 15) is 4.39 Å². The third-order valence-electron chi connectivity index (χ3n) is 4.32. The average molecular weight is 554 g/mol. The first-order valence-electron chi connectivity index (χ1n) is 8.22. The van der Waals surface area contributed by atoms with Gasteiger partial charge in [0.1, 0.15) is 5.82 Å². The normalized spacial score (nSPS) is 11.2. The minimum atomic E-state index is -0.517. The molecule has 3 heterocycles. The fourth-order valence-electron chi connectivity index (χ4n) is 3.01. The second-order valence-corrected chi connectivity index (χ2v) is 8.04. The van der Waals surface area contributed by atoms with E-state index >= 15 is 0 Å². The standard InChI is InChI=1S/C19H14BrFIN5O/c1-9-5-6-24-19(26-9)28-13-4-3-10(7-12(13)21)14-15-16(27(2)17(14)22)11(20)8-25-18(15)23/h3-8H,1-2H3,(H2,23,25). The molecule has 142 valence electrons. The van der Waals surface area contributed by atoms with Crippen LogP contribution in [0.3, 0.4) is 0 Å². The summed E-state index contributed by atoms with van der Waals surface area (Å²) in [5.74, 6) is -0.0746. The summed E-state index contributed by atoms with van der Waals surface area (Å²) < 4.78 is 24.0. The largest absolute Gasteiger partial charge is 0.421 e. The van der Waals surface area contributed by atoms with Crippen LogP contribution in [0.2, 0.25) is 0 Å². The van der Waals surface area contributed by atoms with E-state index in [1.165, 1.54) is 6.07 Å². The number of anilines is 1. The monoisotopic (exact) mass is 553 g/mol. The van der Waals surface area contributed by atoms with E-state index < -0.39 is 5.82 Å². The van der Waals surface area contributed by atoms with Gasteiger partial charge in [0, 0.05) is 30.7 Å². The molecule has 4 rings (SSSR count). The van der Waals surface area contributed by atoms with E-state index in [-0.39, 0.29) is 11.8 Å². The number of aryl methyl sites for hydroxylation is 2. The van der Waals surface area contributed by atoms with Crippen molar-refractivity contribution in [3.63, 3.8) is 0 Å². The van der Waals surface area contributed by atoms with E-state index in [1.807, 2.05) is 18.5 Å². The molecule has 9 heteroatoms. The zero-order valence-electron chi connectivity index (χ0n) is 14.9. The molecular weight excluding hydrogens is 540 g/mol. The van der Waals surface area contributed by atoms with Crippen LogP contribution in [0.5, 0.6) is 11.8 Å². The second-order valence-electron chi connectivity index (χ2n) is 6.17. The van der Waals surface area contributed by atoms with Gasteiger partial charge in [0.25, 0.3) is 0 Å². The van der Waals surface area contributed by atoms with E-state index in [2.05, 4.69) is 53.5 Å². The lowest BCUT2D eigenvalue weighted by atomic mass is 10.0. The van der Waals surface area contributed by atoms with Gasteiger partial charge in [-0.3, -0.25) is 0 Å². The molecular formula is C19H14BrFIN5O. The maximum Gasteiger partial charge on any atom is 0.322 e. The number of rotatable bonds is 3. The number of nitrogens with zero attached hydrogens (tertiary/aromatic N) is 4. The Morgan fingerprint density at radius 3 is 2.75 bits per heavy atom. The summed E-state index contributed by atoms with van der Waals surface area (Å²) in [6.45, 7) is 1.81. The summed E-state index contributed by atoms with van der Waals surface area (Å²) in [5, 5.41) is 0.774. The molecule has 0 fully saturated rings. The van der Waals surface area contributed by atoms with Crippen molar-refractivity contribution in [3.05, 3.63) is 56.3 Å². The van der Waals surface area contributed by atoms with Crippen molar-refractivity contribution in [1.82, 2.24) is 19.5 Å². The first-order valence-corrected chi connectivity index (χ1v) is 10.1. The number of nitrogen functional groups attached to an aromatic ring is 1. The summed E-state index contributed by atoms with van der Waals surface area (Å²) in [6.07, 6.45) is 3.23. The Morgan fingerprint density at radius 2 is 2.04 bits per heavy atom. The second kappa shape index (κ2) is 7.28. The molecule has 0 atom stereocenters. The zero-order valence-corrected chi connectivity index (χ0v) is 18.6. The maximum atomic E-state index is 14.8. The number of benzene rings is 1. The van der Waals surface area contributed by atoms with Gasteiger partial charge in [-0.1, -0.05) is 6.07 Å². The Kier molecular flexibility index (Phi) is 4.96. The number of halogens is 3. The zero-order chi connectivity index (χ0) is 20.0. The van der Waals surface area contributed by atoms with Crippen molar-refractivity contribution in [3.8, 4) is 22.9 Å². The van der Waals surface area contributed by atoms with Crippen LogP contribution >= 0.6 is 38.5 Å². The van der Waals surface area contributed by atoms with Gasteiger partial charge in [-0.15, -0.1) is 0 Å². The van der Waals surface area contributed by atoms with Gasteiger partial charge in [0.05, 0.1) is 19.1 Å². The van der Waals surface area contributed by atoms with Crippen LogP contribution in [0.4, 0.5) is 10.2 Å². The molecule has 6 nitrogen and oxygen atoms in total.